The minimum Gasteiger partial charge on any atom is -0.510 e. The van der Waals surface area contributed by atoms with Crippen molar-refractivity contribution >= 4 is 0 Å². The highest BCUT2D eigenvalue weighted by Crippen LogP contribution is 1.98. The molecule has 0 amide bonds. The van der Waals surface area contributed by atoms with E-state index >= 15 is 0 Å². The van der Waals surface area contributed by atoms with Gasteiger partial charge in [-0.2, -0.15) is 5.11 Å². The standard InChI is InChI=1S/C7H15N3O/c1-4-5-7(11)6(2)9-10-8-3/h5-6,11H,4H2,1-3H3,(H,8,9). The summed E-state index contributed by atoms with van der Waals surface area (Å²) in [5.41, 5.74) is 2.66. The molecule has 0 fully saturated rings. The molecule has 64 valence electrons. The molecule has 0 aromatic rings. The molecular formula is C7H15N3O. The van der Waals surface area contributed by atoms with Gasteiger partial charge < -0.3 is 5.11 Å². The first-order chi connectivity index (χ1) is 5.22. The lowest BCUT2D eigenvalue weighted by Gasteiger charge is -2.07. The molecule has 0 bridgehead atoms. The molecule has 0 saturated carbocycles. The van der Waals surface area contributed by atoms with Gasteiger partial charge in [-0.3, -0.25) is 5.43 Å². The molecular weight excluding hydrogens is 142 g/mol. The Balaban J connectivity index is 3.81. The van der Waals surface area contributed by atoms with Crippen LogP contribution in [0.3, 0.4) is 0 Å². The van der Waals surface area contributed by atoms with Gasteiger partial charge in [0, 0.05) is 0 Å². The van der Waals surface area contributed by atoms with E-state index in [4.69, 9.17) is 0 Å². The molecule has 0 saturated heterocycles. The third-order valence-corrected chi connectivity index (χ3v) is 1.21. The summed E-state index contributed by atoms with van der Waals surface area (Å²) in [6.45, 7) is 3.78. The average molecular weight is 157 g/mol. The number of hydrogen-bond acceptors (Lipinski definition) is 3. The van der Waals surface area contributed by atoms with E-state index in [0.29, 0.717) is 5.76 Å². The van der Waals surface area contributed by atoms with E-state index in [0.717, 1.165) is 6.42 Å². The first kappa shape index (κ1) is 9.94. The quantitative estimate of drug-likeness (QED) is 0.371. The second-order valence-corrected chi connectivity index (χ2v) is 2.19. The van der Waals surface area contributed by atoms with Crippen LogP contribution in [0.1, 0.15) is 20.3 Å². The van der Waals surface area contributed by atoms with Crippen molar-refractivity contribution in [1.29, 1.82) is 0 Å². The van der Waals surface area contributed by atoms with Gasteiger partial charge in [0.15, 0.2) is 0 Å². The van der Waals surface area contributed by atoms with Crippen molar-refractivity contribution in [1.82, 2.24) is 5.43 Å². The van der Waals surface area contributed by atoms with Gasteiger partial charge in [0.25, 0.3) is 0 Å². The zero-order valence-corrected chi connectivity index (χ0v) is 7.20. The van der Waals surface area contributed by atoms with Crippen LogP contribution in [0.25, 0.3) is 0 Å². The van der Waals surface area contributed by atoms with Gasteiger partial charge in [0.1, 0.15) is 5.76 Å². The van der Waals surface area contributed by atoms with Crippen LogP contribution in [-0.4, -0.2) is 18.2 Å². The summed E-state index contributed by atoms with van der Waals surface area (Å²) in [6.07, 6.45) is 2.56. The van der Waals surface area contributed by atoms with Crippen molar-refractivity contribution in [2.24, 2.45) is 10.3 Å². The zero-order chi connectivity index (χ0) is 8.69. The van der Waals surface area contributed by atoms with Crippen LogP contribution >= 0.6 is 0 Å². The van der Waals surface area contributed by atoms with Gasteiger partial charge in [-0.25, -0.2) is 0 Å². The van der Waals surface area contributed by atoms with E-state index in [9.17, 15) is 5.11 Å². The first-order valence-electron chi connectivity index (χ1n) is 3.65. The Morgan fingerprint density at radius 3 is 2.82 bits per heavy atom. The monoisotopic (exact) mass is 157 g/mol. The van der Waals surface area contributed by atoms with E-state index in [1.54, 1.807) is 13.1 Å². The zero-order valence-electron chi connectivity index (χ0n) is 7.20. The fourth-order valence-corrected chi connectivity index (χ4v) is 0.596. The van der Waals surface area contributed by atoms with Crippen LogP contribution in [0.4, 0.5) is 0 Å². The Bertz CT molecular complexity index is 154. The number of aliphatic hydroxyl groups is 1. The van der Waals surface area contributed by atoms with Crippen LogP contribution in [0, 0.1) is 0 Å². The van der Waals surface area contributed by atoms with Crippen LogP contribution in [0.5, 0.6) is 0 Å². The fraction of sp³-hybridized carbons (Fsp3) is 0.714. The van der Waals surface area contributed by atoms with Crippen LogP contribution < -0.4 is 5.43 Å². The molecule has 0 aliphatic rings. The SMILES string of the molecule is CCC=C(O)C(C)NN=NC. The van der Waals surface area contributed by atoms with Gasteiger partial charge in [0.2, 0.25) is 0 Å². The molecule has 0 heterocycles. The lowest BCUT2D eigenvalue weighted by atomic mass is 10.2. The maximum Gasteiger partial charge on any atom is 0.112 e. The third kappa shape index (κ3) is 4.36. The Morgan fingerprint density at radius 2 is 2.36 bits per heavy atom. The molecule has 0 aromatic heterocycles. The van der Waals surface area contributed by atoms with E-state index in [-0.39, 0.29) is 6.04 Å². The number of nitrogens with zero attached hydrogens (tertiary/aromatic N) is 2. The lowest BCUT2D eigenvalue weighted by molar-refractivity contribution is 0.346. The van der Waals surface area contributed by atoms with Crippen molar-refractivity contribution in [3.05, 3.63) is 11.8 Å². The summed E-state index contributed by atoms with van der Waals surface area (Å²) in [5, 5.41) is 16.3. The Morgan fingerprint density at radius 1 is 1.73 bits per heavy atom. The predicted molar refractivity (Wildman–Crippen MR) is 44.4 cm³/mol. The molecule has 2 N–H and O–H groups in total. The second kappa shape index (κ2) is 5.70. The van der Waals surface area contributed by atoms with Crippen LogP contribution in [-0.2, 0) is 0 Å². The summed E-state index contributed by atoms with van der Waals surface area (Å²) >= 11 is 0. The van der Waals surface area contributed by atoms with Gasteiger partial charge in [0.05, 0.1) is 13.1 Å². The van der Waals surface area contributed by atoms with Crippen LogP contribution in [0.2, 0.25) is 0 Å². The molecule has 1 atom stereocenters. The van der Waals surface area contributed by atoms with Crippen molar-refractivity contribution < 1.29 is 5.11 Å². The summed E-state index contributed by atoms with van der Waals surface area (Å²) in [7, 11) is 1.57. The van der Waals surface area contributed by atoms with E-state index < -0.39 is 0 Å². The molecule has 4 nitrogen and oxygen atoms in total. The molecule has 0 aromatic carbocycles. The predicted octanol–water partition coefficient (Wildman–Crippen LogP) is 1.81. The van der Waals surface area contributed by atoms with Gasteiger partial charge in [-0.05, 0) is 19.4 Å². The van der Waals surface area contributed by atoms with Gasteiger partial charge in [-0.15, -0.1) is 0 Å². The van der Waals surface area contributed by atoms with E-state index in [1.807, 2.05) is 13.8 Å². The number of nitrogens with one attached hydrogen (secondary N) is 1. The Labute approximate surface area is 67.0 Å². The summed E-state index contributed by atoms with van der Waals surface area (Å²) < 4.78 is 0. The molecule has 11 heavy (non-hydrogen) atoms. The Hall–Kier alpha value is -1.06. The van der Waals surface area contributed by atoms with Crippen molar-refractivity contribution in [3.63, 3.8) is 0 Å². The number of allylic oxidation sites excluding steroid dienone is 1. The maximum absolute atomic E-state index is 9.24. The first-order valence-corrected chi connectivity index (χ1v) is 3.65. The number of hydrogen-bond donors (Lipinski definition) is 2. The lowest BCUT2D eigenvalue weighted by Crippen LogP contribution is -2.22. The molecule has 4 heteroatoms. The Kier molecular flexibility index (Phi) is 5.15. The largest absolute Gasteiger partial charge is 0.510 e. The molecule has 0 aliphatic carbocycles. The minimum atomic E-state index is -0.154. The summed E-state index contributed by atoms with van der Waals surface area (Å²) in [6, 6.07) is -0.154. The number of rotatable bonds is 4. The van der Waals surface area contributed by atoms with Gasteiger partial charge >= 0.3 is 0 Å². The average Bonchev–Trinajstić information content (AvgIpc) is 2.00. The smallest absolute Gasteiger partial charge is 0.112 e. The maximum atomic E-state index is 9.24. The summed E-state index contributed by atoms with van der Waals surface area (Å²) in [4.78, 5) is 0. The molecule has 0 aliphatic heterocycles. The van der Waals surface area contributed by atoms with Crippen molar-refractivity contribution in [3.8, 4) is 0 Å². The topological polar surface area (TPSA) is 57.0 Å². The highest BCUT2D eigenvalue weighted by Gasteiger charge is 2.02. The van der Waals surface area contributed by atoms with E-state index in [1.165, 1.54) is 0 Å². The molecule has 0 rings (SSSR count). The second-order valence-electron chi connectivity index (χ2n) is 2.19. The van der Waals surface area contributed by atoms with E-state index in [2.05, 4.69) is 15.8 Å². The highest BCUT2D eigenvalue weighted by molar-refractivity contribution is 4.98. The van der Waals surface area contributed by atoms with Crippen molar-refractivity contribution in [2.75, 3.05) is 7.05 Å². The summed E-state index contributed by atoms with van der Waals surface area (Å²) in [5.74, 6) is 0.305. The third-order valence-electron chi connectivity index (χ3n) is 1.21. The molecule has 0 spiro atoms. The molecule has 0 radical (unpaired) electrons. The van der Waals surface area contributed by atoms with Crippen molar-refractivity contribution in [2.45, 2.75) is 26.3 Å². The minimum absolute atomic E-state index is 0.154. The normalized spacial score (nSPS) is 15.4. The van der Waals surface area contributed by atoms with Crippen LogP contribution in [0.15, 0.2) is 22.2 Å². The fourth-order valence-electron chi connectivity index (χ4n) is 0.596. The number of aliphatic hydroxyl groups excluding tert-OH is 1. The highest BCUT2D eigenvalue weighted by atomic mass is 16.3. The molecule has 1 unspecified atom stereocenters. The van der Waals surface area contributed by atoms with Gasteiger partial charge in [-0.1, -0.05) is 12.1 Å².